The Kier molecular flexibility index (Phi) is 6.96. The molecule has 0 aliphatic heterocycles. The molecule has 0 atom stereocenters. The van der Waals surface area contributed by atoms with Crippen molar-refractivity contribution in [3.63, 3.8) is 0 Å². The van der Waals surface area contributed by atoms with Crippen LogP contribution in [0.2, 0.25) is 0 Å². The Morgan fingerprint density at radius 2 is 1.88 bits per heavy atom. The first kappa shape index (κ1) is 22.6. The molecule has 0 radical (unpaired) electrons. The number of para-hydroxylation sites is 1. The fourth-order valence-corrected chi connectivity index (χ4v) is 3.60. The van der Waals surface area contributed by atoms with Gasteiger partial charge in [0.2, 0.25) is 0 Å². The lowest BCUT2D eigenvalue weighted by atomic mass is 10.1. The van der Waals surface area contributed by atoms with Gasteiger partial charge >= 0.3 is 5.97 Å². The highest BCUT2D eigenvalue weighted by Gasteiger charge is 2.21. The Bertz CT molecular complexity index is 1180. The van der Waals surface area contributed by atoms with E-state index in [-0.39, 0.29) is 22.8 Å². The number of rotatable bonds is 7. The maximum Gasteiger partial charge on any atom is 0.340 e. The SMILES string of the molecule is Cc1ccc(NC(=O)COC(=O)c2ccccc2N(C)C(=O)c2cccs2)cc1[N+](=O)[O-]. The van der Waals surface area contributed by atoms with Crippen LogP contribution in [0.3, 0.4) is 0 Å². The van der Waals surface area contributed by atoms with Crippen LogP contribution in [0, 0.1) is 17.0 Å². The van der Waals surface area contributed by atoms with Crippen molar-refractivity contribution in [1.29, 1.82) is 0 Å². The standard InChI is InChI=1S/C22H19N3O6S/c1-14-9-10-15(12-18(14)25(29)30)23-20(26)13-31-22(28)16-6-3-4-7-17(16)24(2)21(27)19-8-5-11-32-19/h3-12H,13H2,1-2H3,(H,23,26). The minimum absolute atomic E-state index is 0.124. The van der Waals surface area contributed by atoms with E-state index in [0.717, 1.165) is 0 Å². The van der Waals surface area contributed by atoms with Crippen LogP contribution < -0.4 is 10.2 Å². The van der Waals surface area contributed by atoms with Crippen LogP contribution in [0.5, 0.6) is 0 Å². The second-order valence-electron chi connectivity index (χ2n) is 6.74. The highest BCUT2D eigenvalue weighted by Crippen LogP contribution is 2.24. The molecule has 0 saturated heterocycles. The van der Waals surface area contributed by atoms with E-state index < -0.39 is 23.4 Å². The van der Waals surface area contributed by atoms with E-state index in [2.05, 4.69) is 5.32 Å². The van der Waals surface area contributed by atoms with Crippen LogP contribution in [0.25, 0.3) is 0 Å². The quantitative estimate of drug-likeness (QED) is 0.328. The second-order valence-corrected chi connectivity index (χ2v) is 7.69. The number of nitro benzene ring substituents is 1. The topological polar surface area (TPSA) is 119 Å². The molecule has 2 amide bonds. The monoisotopic (exact) mass is 453 g/mol. The molecule has 0 spiro atoms. The minimum atomic E-state index is -0.781. The number of benzene rings is 2. The third-order valence-corrected chi connectivity index (χ3v) is 5.40. The van der Waals surface area contributed by atoms with Crippen molar-refractivity contribution in [1.82, 2.24) is 0 Å². The van der Waals surface area contributed by atoms with Crippen LogP contribution in [0.1, 0.15) is 25.6 Å². The van der Waals surface area contributed by atoms with Gasteiger partial charge in [0, 0.05) is 24.4 Å². The van der Waals surface area contributed by atoms with E-state index in [0.29, 0.717) is 16.1 Å². The number of nitro groups is 1. The Labute approximate surface area is 187 Å². The van der Waals surface area contributed by atoms with Crippen molar-refractivity contribution in [3.05, 3.63) is 86.1 Å². The van der Waals surface area contributed by atoms with Gasteiger partial charge in [-0.3, -0.25) is 19.7 Å². The van der Waals surface area contributed by atoms with Gasteiger partial charge in [-0.1, -0.05) is 24.3 Å². The number of nitrogens with zero attached hydrogens (tertiary/aromatic N) is 2. The maximum atomic E-state index is 12.6. The molecule has 3 rings (SSSR count). The number of thiophene rings is 1. The Balaban J connectivity index is 1.67. The zero-order chi connectivity index (χ0) is 23.3. The molecule has 2 aromatic carbocycles. The lowest BCUT2D eigenvalue weighted by Gasteiger charge is -2.19. The van der Waals surface area contributed by atoms with Gasteiger partial charge in [-0.25, -0.2) is 4.79 Å². The molecule has 0 aliphatic rings. The average molecular weight is 453 g/mol. The molecule has 3 aromatic rings. The summed E-state index contributed by atoms with van der Waals surface area (Å²) in [5.74, 6) is -1.72. The van der Waals surface area contributed by atoms with E-state index >= 15 is 0 Å². The molecule has 164 valence electrons. The fraction of sp³-hybridized carbons (Fsp3) is 0.136. The highest BCUT2D eigenvalue weighted by atomic mass is 32.1. The van der Waals surface area contributed by atoms with Gasteiger partial charge in [-0.05, 0) is 36.6 Å². The Morgan fingerprint density at radius 3 is 2.56 bits per heavy atom. The number of hydrogen-bond acceptors (Lipinski definition) is 7. The summed E-state index contributed by atoms with van der Waals surface area (Å²) < 4.78 is 5.10. The molecule has 1 aromatic heterocycles. The molecule has 0 unspecified atom stereocenters. The Morgan fingerprint density at radius 1 is 1.12 bits per heavy atom. The van der Waals surface area contributed by atoms with E-state index in [9.17, 15) is 24.5 Å². The number of amides is 2. The Hall–Kier alpha value is -4.05. The fourth-order valence-electron chi connectivity index (χ4n) is 2.90. The number of nitrogens with one attached hydrogen (secondary N) is 1. The second kappa shape index (κ2) is 9.84. The summed E-state index contributed by atoms with van der Waals surface area (Å²) in [5.41, 5.74) is 0.999. The summed E-state index contributed by atoms with van der Waals surface area (Å²) in [6.45, 7) is 0.987. The summed E-state index contributed by atoms with van der Waals surface area (Å²) in [6.07, 6.45) is 0. The van der Waals surface area contributed by atoms with Crippen LogP contribution in [-0.2, 0) is 9.53 Å². The normalized spacial score (nSPS) is 10.3. The van der Waals surface area contributed by atoms with Crippen LogP contribution in [-0.4, -0.2) is 36.4 Å². The smallest absolute Gasteiger partial charge is 0.340 e. The minimum Gasteiger partial charge on any atom is -0.452 e. The first-order valence-corrected chi connectivity index (χ1v) is 10.3. The van der Waals surface area contributed by atoms with E-state index in [4.69, 9.17) is 4.74 Å². The predicted molar refractivity (Wildman–Crippen MR) is 120 cm³/mol. The summed E-state index contributed by atoms with van der Waals surface area (Å²) in [5, 5.41) is 15.3. The number of esters is 1. The van der Waals surface area contributed by atoms with Gasteiger partial charge in [-0.2, -0.15) is 0 Å². The molecule has 0 bridgehead atoms. The number of aryl methyl sites for hydroxylation is 1. The van der Waals surface area contributed by atoms with Crippen molar-refractivity contribution in [2.24, 2.45) is 0 Å². The molecular weight excluding hydrogens is 434 g/mol. The van der Waals surface area contributed by atoms with Crippen molar-refractivity contribution >= 4 is 46.2 Å². The van der Waals surface area contributed by atoms with Crippen LogP contribution >= 0.6 is 11.3 Å². The van der Waals surface area contributed by atoms with E-state index in [1.807, 2.05) is 0 Å². The van der Waals surface area contributed by atoms with Crippen molar-refractivity contribution < 1.29 is 24.0 Å². The van der Waals surface area contributed by atoms with Gasteiger partial charge in [0.05, 0.1) is 21.1 Å². The van der Waals surface area contributed by atoms with Crippen LogP contribution in [0.4, 0.5) is 17.1 Å². The van der Waals surface area contributed by atoms with Gasteiger partial charge in [0.15, 0.2) is 6.61 Å². The van der Waals surface area contributed by atoms with Crippen molar-refractivity contribution in [2.75, 3.05) is 23.9 Å². The number of carbonyl (C=O) groups is 3. The lowest BCUT2D eigenvalue weighted by Crippen LogP contribution is -2.28. The predicted octanol–water partition coefficient (Wildman–Crippen LogP) is 4.04. The molecule has 32 heavy (non-hydrogen) atoms. The first-order valence-electron chi connectivity index (χ1n) is 9.40. The van der Waals surface area contributed by atoms with Crippen LogP contribution in [0.15, 0.2) is 60.0 Å². The highest BCUT2D eigenvalue weighted by molar-refractivity contribution is 7.12. The molecule has 0 fully saturated rings. The molecule has 10 heteroatoms. The number of hydrogen-bond donors (Lipinski definition) is 1. The summed E-state index contributed by atoms with van der Waals surface area (Å²) in [7, 11) is 1.55. The third kappa shape index (κ3) is 5.16. The molecule has 0 saturated carbocycles. The van der Waals surface area contributed by atoms with E-state index in [1.54, 1.807) is 49.7 Å². The van der Waals surface area contributed by atoms with E-state index in [1.165, 1.54) is 40.5 Å². The molecule has 0 aliphatic carbocycles. The van der Waals surface area contributed by atoms with Gasteiger partial charge in [0.1, 0.15) is 0 Å². The number of ether oxygens (including phenoxy) is 1. The van der Waals surface area contributed by atoms with Gasteiger partial charge in [0.25, 0.3) is 17.5 Å². The molecule has 1 heterocycles. The largest absolute Gasteiger partial charge is 0.452 e. The maximum absolute atomic E-state index is 12.6. The summed E-state index contributed by atoms with van der Waals surface area (Å²) in [4.78, 5) is 49.7. The van der Waals surface area contributed by atoms with Crippen molar-refractivity contribution in [2.45, 2.75) is 6.92 Å². The molecule has 1 N–H and O–H groups in total. The van der Waals surface area contributed by atoms with Crippen molar-refractivity contribution in [3.8, 4) is 0 Å². The summed E-state index contributed by atoms with van der Waals surface area (Å²) >= 11 is 1.28. The van der Waals surface area contributed by atoms with Gasteiger partial charge < -0.3 is 15.0 Å². The lowest BCUT2D eigenvalue weighted by molar-refractivity contribution is -0.385. The zero-order valence-corrected chi connectivity index (χ0v) is 18.0. The summed E-state index contributed by atoms with van der Waals surface area (Å²) in [6, 6.07) is 14.1. The van der Waals surface area contributed by atoms with Gasteiger partial charge in [-0.15, -0.1) is 11.3 Å². The molecule has 9 nitrogen and oxygen atoms in total. The first-order chi connectivity index (χ1) is 15.3. The average Bonchev–Trinajstić information content (AvgIpc) is 3.32. The third-order valence-electron chi connectivity index (χ3n) is 4.55. The number of carbonyl (C=O) groups excluding carboxylic acids is 3. The zero-order valence-electron chi connectivity index (χ0n) is 17.2. The molecular formula is C22H19N3O6S. The number of anilines is 2.